The van der Waals surface area contributed by atoms with Crippen LogP contribution in [0.2, 0.25) is 0 Å². The second-order valence-corrected chi connectivity index (χ2v) is 6.12. The molecule has 0 fully saturated rings. The highest BCUT2D eigenvalue weighted by Gasteiger charge is 2.15. The molecule has 0 atom stereocenters. The van der Waals surface area contributed by atoms with Crippen LogP contribution in [-0.4, -0.2) is 5.91 Å². The van der Waals surface area contributed by atoms with Crippen LogP contribution in [0.5, 0.6) is 5.75 Å². The van der Waals surface area contributed by atoms with Crippen molar-refractivity contribution in [1.29, 1.82) is 0 Å². The molecule has 5 heteroatoms. The number of rotatable bonds is 7. The number of halogens is 1. The summed E-state index contributed by atoms with van der Waals surface area (Å²) < 4.78 is 24.0. The number of carbonyl (C=O) groups is 1. The number of aryl methyl sites for hydroxylation is 2. The van der Waals surface area contributed by atoms with Gasteiger partial charge < -0.3 is 14.5 Å². The second kappa shape index (κ2) is 8.54. The van der Waals surface area contributed by atoms with Crippen LogP contribution >= 0.6 is 0 Å². The van der Waals surface area contributed by atoms with Crippen LogP contribution in [0.3, 0.4) is 0 Å². The molecule has 0 radical (unpaired) electrons. The number of para-hydroxylation sites is 1. The zero-order chi connectivity index (χ0) is 19.2. The van der Waals surface area contributed by atoms with Gasteiger partial charge in [0.15, 0.2) is 5.76 Å². The van der Waals surface area contributed by atoms with Crippen molar-refractivity contribution in [3.8, 4) is 5.75 Å². The molecule has 1 aromatic heterocycles. The van der Waals surface area contributed by atoms with Crippen molar-refractivity contribution in [3.63, 3.8) is 0 Å². The highest BCUT2D eigenvalue weighted by molar-refractivity contribution is 6.03. The minimum Gasteiger partial charge on any atom is -0.486 e. The van der Waals surface area contributed by atoms with Gasteiger partial charge in [-0.1, -0.05) is 32.0 Å². The molecule has 1 N–H and O–H groups in total. The maximum atomic E-state index is 12.9. The lowest BCUT2D eigenvalue weighted by molar-refractivity contribution is 0.0992. The maximum Gasteiger partial charge on any atom is 0.291 e. The SMILES string of the molecule is CCc1cccc(CC)c1NC(=O)c1ccc(COc2ccc(F)cc2)o1. The molecule has 0 aliphatic heterocycles. The fourth-order valence-corrected chi connectivity index (χ4v) is 2.84. The summed E-state index contributed by atoms with van der Waals surface area (Å²) in [4.78, 5) is 12.6. The number of carbonyl (C=O) groups excluding carboxylic acids is 1. The Morgan fingerprint density at radius 3 is 2.30 bits per heavy atom. The average Bonchev–Trinajstić information content (AvgIpc) is 3.17. The quantitative estimate of drug-likeness (QED) is 0.610. The monoisotopic (exact) mass is 367 g/mol. The van der Waals surface area contributed by atoms with E-state index in [1.807, 2.05) is 18.2 Å². The van der Waals surface area contributed by atoms with E-state index in [1.54, 1.807) is 24.3 Å². The Balaban J connectivity index is 1.67. The van der Waals surface area contributed by atoms with Crippen molar-refractivity contribution in [3.05, 3.63) is 83.1 Å². The van der Waals surface area contributed by atoms with E-state index in [4.69, 9.17) is 9.15 Å². The molecule has 27 heavy (non-hydrogen) atoms. The summed E-state index contributed by atoms with van der Waals surface area (Å²) in [6.45, 7) is 4.27. The Bertz CT molecular complexity index is 893. The molecule has 140 valence electrons. The molecule has 0 aliphatic carbocycles. The Morgan fingerprint density at radius 1 is 1.00 bits per heavy atom. The molecule has 2 aromatic carbocycles. The van der Waals surface area contributed by atoms with Crippen molar-refractivity contribution >= 4 is 11.6 Å². The summed E-state index contributed by atoms with van der Waals surface area (Å²) in [7, 11) is 0. The minimum absolute atomic E-state index is 0.157. The highest BCUT2D eigenvalue weighted by Crippen LogP contribution is 2.24. The molecule has 1 heterocycles. The zero-order valence-corrected chi connectivity index (χ0v) is 15.4. The summed E-state index contributed by atoms with van der Waals surface area (Å²) in [5.41, 5.74) is 3.04. The first-order valence-corrected chi connectivity index (χ1v) is 9.00. The van der Waals surface area contributed by atoms with Gasteiger partial charge in [0.05, 0.1) is 0 Å². The Kier molecular flexibility index (Phi) is 5.91. The molecular formula is C22H22FNO3. The molecule has 0 aliphatic rings. The van der Waals surface area contributed by atoms with Gasteiger partial charge in [0.1, 0.15) is 23.9 Å². The van der Waals surface area contributed by atoms with E-state index < -0.39 is 0 Å². The molecule has 3 aromatic rings. The summed E-state index contributed by atoms with van der Waals surface area (Å²) in [6, 6.07) is 15.1. The molecule has 0 spiro atoms. The third-order valence-corrected chi connectivity index (χ3v) is 4.32. The van der Waals surface area contributed by atoms with Crippen LogP contribution in [0, 0.1) is 5.82 Å². The van der Waals surface area contributed by atoms with Crippen molar-refractivity contribution in [1.82, 2.24) is 0 Å². The van der Waals surface area contributed by atoms with Crippen molar-refractivity contribution in [2.75, 3.05) is 5.32 Å². The van der Waals surface area contributed by atoms with Crippen LogP contribution in [-0.2, 0) is 19.4 Å². The van der Waals surface area contributed by atoms with Gasteiger partial charge in [-0.25, -0.2) is 4.39 Å². The van der Waals surface area contributed by atoms with E-state index in [0.29, 0.717) is 11.5 Å². The second-order valence-electron chi connectivity index (χ2n) is 6.12. The topological polar surface area (TPSA) is 51.5 Å². The van der Waals surface area contributed by atoms with Gasteiger partial charge in [-0.15, -0.1) is 0 Å². The molecule has 0 unspecified atom stereocenters. The van der Waals surface area contributed by atoms with Gasteiger partial charge in [-0.05, 0) is 60.4 Å². The molecule has 0 saturated carbocycles. The third-order valence-electron chi connectivity index (χ3n) is 4.32. The number of hydrogen-bond donors (Lipinski definition) is 1. The van der Waals surface area contributed by atoms with Crippen molar-refractivity contribution in [2.45, 2.75) is 33.3 Å². The van der Waals surface area contributed by atoms with Gasteiger partial charge in [-0.2, -0.15) is 0 Å². The smallest absolute Gasteiger partial charge is 0.291 e. The Labute approximate surface area is 158 Å². The number of benzene rings is 2. The summed E-state index contributed by atoms with van der Waals surface area (Å²) in [5.74, 6) is 0.657. The van der Waals surface area contributed by atoms with Crippen molar-refractivity contribution < 1.29 is 18.3 Å². The molecule has 0 bridgehead atoms. The van der Waals surface area contributed by atoms with E-state index in [-0.39, 0.29) is 24.1 Å². The van der Waals surface area contributed by atoms with Crippen LogP contribution in [0.4, 0.5) is 10.1 Å². The van der Waals surface area contributed by atoms with E-state index in [9.17, 15) is 9.18 Å². The standard InChI is InChI=1S/C22H22FNO3/c1-3-15-6-5-7-16(4-2)21(15)24-22(25)20-13-12-19(27-20)14-26-18-10-8-17(23)9-11-18/h5-13H,3-4,14H2,1-2H3,(H,24,25). The first-order valence-electron chi connectivity index (χ1n) is 9.00. The Morgan fingerprint density at radius 2 is 1.67 bits per heavy atom. The average molecular weight is 367 g/mol. The largest absolute Gasteiger partial charge is 0.486 e. The molecular weight excluding hydrogens is 345 g/mol. The number of anilines is 1. The van der Waals surface area contributed by atoms with Gasteiger partial charge in [0.2, 0.25) is 0 Å². The van der Waals surface area contributed by atoms with Crippen molar-refractivity contribution in [2.24, 2.45) is 0 Å². The first kappa shape index (κ1) is 18.7. The first-order chi connectivity index (χ1) is 13.1. The predicted molar refractivity (Wildman–Crippen MR) is 103 cm³/mol. The number of hydrogen-bond acceptors (Lipinski definition) is 3. The van der Waals surface area contributed by atoms with E-state index in [2.05, 4.69) is 19.2 Å². The predicted octanol–water partition coefficient (Wildman–Crippen LogP) is 5.37. The molecule has 1 amide bonds. The van der Waals surface area contributed by atoms with Gasteiger partial charge in [-0.3, -0.25) is 4.79 Å². The zero-order valence-electron chi connectivity index (χ0n) is 15.4. The fraction of sp³-hybridized carbons (Fsp3) is 0.227. The lowest BCUT2D eigenvalue weighted by Gasteiger charge is -2.13. The van der Waals surface area contributed by atoms with Crippen LogP contribution in [0.25, 0.3) is 0 Å². The maximum absolute atomic E-state index is 12.9. The summed E-state index contributed by atoms with van der Waals surface area (Å²) in [6.07, 6.45) is 1.66. The minimum atomic E-state index is -0.321. The summed E-state index contributed by atoms with van der Waals surface area (Å²) in [5, 5.41) is 2.98. The van der Waals surface area contributed by atoms with Gasteiger partial charge in [0.25, 0.3) is 5.91 Å². The number of amides is 1. The number of ether oxygens (including phenoxy) is 1. The van der Waals surface area contributed by atoms with Crippen LogP contribution < -0.4 is 10.1 Å². The van der Waals surface area contributed by atoms with Gasteiger partial charge >= 0.3 is 0 Å². The van der Waals surface area contributed by atoms with Crippen LogP contribution in [0.1, 0.15) is 41.3 Å². The van der Waals surface area contributed by atoms with Crippen LogP contribution in [0.15, 0.2) is 59.0 Å². The lowest BCUT2D eigenvalue weighted by atomic mass is 10.0. The number of nitrogens with one attached hydrogen (secondary N) is 1. The third kappa shape index (κ3) is 4.56. The fourth-order valence-electron chi connectivity index (χ4n) is 2.84. The Hall–Kier alpha value is -3.08. The molecule has 0 saturated heterocycles. The highest BCUT2D eigenvalue weighted by atomic mass is 19.1. The van der Waals surface area contributed by atoms with E-state index in [1.165, 1.54) is 12.1 Å². The van der Waals surface area contributed by atoms with E-state index in [0.717, 1.165) is 29.7 Å². The summed E-state index contributed by atoms with van der Waals surface area (Å²) >= 11 is 0. The molecule has 3 rings (SSSR count). The van der Waals surface area contributed by atoms with Gasteiger partial charge in [0, 0.05) is 5.69 Å². The lowest BCUT2D eigenvalue weighted by Crippen LogP contribution is -2.14. The number of furan rings is 1. The molecule has 4 nitrogen and oxygen atoms in total. The normalized spacial score (nSPS) is 10.6. The van der Waals surface area contributed by atoms with E-state index >= 15 is 0 Å².